The van der Waals surface area contributed by atoms with Crippen molar-refractivity contribution in [2.24, 2.45) is 5.92 Å². The Balaban J connectivity index is 2.17. The van der Waals surface area contributed by atoms with Crippen LogP contribution in [0.5, 0.6) is 0 Å². The highest BCUT2D eigenvalue weighted by atomic mass is 35.5. The lowest BCUT2D eigenvalue weighted by atomic mass is 10.0. The Morgan fingerprint density at radius 1 is 1.35 bits per heavy atom. The highest BCUT2D eigenvalue weighted by Crippen LogP contribution is 2.27. The molecule has 3 atom stereocenters. The molecule has 2 rings (SSSR count). The van der Waals surface area contributed by atoms with Crippen LogP contribution >= 0.6 is 11.6 Å². The van der Waals surface area contributed by atoms with Crippen LogP contribution in [0, 0.1) is 5.92 Å². The largest absolute Gasteiger partial charge is 0.444 e. The molecule has 0 aromatic heterocycles. The third-order valence-electron chi connectivity index (χ3n) is 5.38. The van der Waals surface area contributed by atoms with E-state index in [1.807, 2.05) is 6.92 Å². The molecule has 0 saturated carbocycles. The molecule has 0 aliphatic carbocycles. The van der Waals surface area contributed by atoms with E-state index in [0.29, 0.717) is 25.8 Å². The summed E-state index contributed by atoms with van der Waals surface area (Å²) in [6.45, 7) is 8.19. The third kappa shape index (κ3) is 8.41. The maximum absolute atomic E-state index is 13.5. The van der Waals surface area contributed by atoms with E-state index in [9.17, 15) is 23.1 Å². The zero-order chi connectivity index (χ0) is 25.5. The Labute approximate surface area is 207 Å². The smallest absolute Gasteiger partial charge is 0.407 e. The molecule has 9 nitrogen and oxygen atoms in total. The minimum absolute atomic E-state index is 0.0631. The summed E-state index contributed by atoms with van der Waals surface area (Å²) in [6.07, 6.45) is -0.243. The molecule has 0 spiro atoms. The molecule has 3 N–H and O–H groups in total. The molecular weight excluding hydrogens is 482 g/mol. The van der Waals surface area contributed by atoms with Gasteiger partial charge in [0, 0.05) is 24.5 Å². The number of hydrogen-bond acceptors (Lipinski definition) is 7. The fourth-order valence-corrected chi connectivity index (χ4v) is 5.70. The molecule has 192 valence electrons. The van der Waals surface area contributed by atoms with Crippen molar-refractivity contribution >= 4 is 33.6 Å². The van der Waals surface area contributed by atoms with Crippen LogP contribution in [0.1, 0.15) is 53.4 Å². The topological polar surface area (TPSA) is 125 Å². The lowest BCUT2D eigenvalue weighted by Gasteiger charge is -2.33. The van der Waals surface area contributed by atoms with Gasteiger partial charge in [0.25, 0.3) is 10.0 Å². The summed E-state index contributed by atoms with van der Waals surface area (Å²) in [7, 11) is -4.25. The first kappa shape index (κ1) is 28.4. The standard InChI is InChI=1S/C23H36ClN3O6S/c1-16(10-12-26-22(30)33-23(2,3)4)13-21(29)27(19-9-6-11-25-15-20(19)28)34(31,32)18-8-5-7-17(24)14-18/h5,7-8,14,16,19-20,25,28H,6,9-13,15H2,1-4H3,(H,26,30)/t16-,19?,20?/m0/s1. The summed E-state index contributed by atoms with van der Waals surface area (Å²) in [4.78, 5) is 25.1. The van der Waals surface area contributed by atoms with Crippen LogP contribution in [0.15, 0.2) is 29.2 Å². The van der Waals surface area contributed by atoms with Gasteiger partial charge in [-0.1, -0.05) is 24.6 Å². The predicted molar refractivity (Wildman–Crippen MR) is 130 cm³/mol. The van der Waals surface area contributed by atoms with E-state index >= 15 is 0 Å². The first-order valence-electron chi connectivity index (χ1n) is 11.5. The van der Waals surface area contributed by atoms with Crippen LogP contribution in [-0.2, 0) is 19.6 Å². The highest BCUT2D eigenvalue weighted by Gasteiger charge is 2.40. The number of sulfonamides is 1. The number of benzene rings is 1. The van der Waals surface area contributed by atoms with Gasteiger partial charge in [-0.05, 0) is 70.7 Å². The monoisotopic (exact) mass is 517 g/mol. The summed E-state index contributed by atoms with van der Waals surface area (Å²) in [5, 5.41) is 16.6. The average molecular weight is 518 g/mol. The van der Waals surface area contributed by atoms with Gasteiger partial charge in [0.15, 0.2) is 0 Å². The van der Waals surface area contributed by atoms with E-state index in [0.717, 1.165) is 4.31 Å². The Morgan fingerprint density at radius 3 is 2.71 bits per heavy atom. The number of aliphatic hydroxyl groups is 1. The fourth-order valence-electron chi connectivity index (χ4n) is 3.75. The Morgan fingerprint density at radius 2 is 2.06 bits per heavy atom. The molecule has 2 unspecified atom stereocenters. The molecule has 1 fully saturated rings. The van der Waals surface area contributed by atoms with Crippen molar-refractivity contribution in [3.63, 3.8) is 0 Å². The fraction of sp³-hybridized carbons (Fsp3) is 0.652. The van der Waals surface area contributed by atoms with Crippen LogP contribution in [0.2, 0.25) is 5.02 Å². The van der Waals surface area contributed by atoms with Crippen molar-refractivity contribution < 1.29 is 27.9 Å². The quantitative estimate of drug-likeness (QED) is 0.484. The van der Waals surface area contributed by atoms with Gasteiger partial charge in [0.05, 0.1) is 17.0 Å². The summed E-state index contributed by atoms with van der Waals surface area (Å²) in [5.41, 5.74) is -0.616. The van der Waals surface area contributed by atoms with Gasteiger partial charge in [-0.2, -0.15) is 0 Å². The zero-order valence-corrected chi connectivity index (χ0v) is 21.8. The van der Waals surface area contributed by atoms with E-state index in [-0.39, 0.29) is 35.3 Å². The van der Waals surface area contributed by atoms with Gasteiger partial charge < -0.3 is 20.5 Å². The van der Waals surface area contributed by atoms with Crippen molar-refractivity contribution in [3.8, 4) is 0 Å². The lowest BCUT2D eigenvalue weighted by Crippen LogP contribution is -2.51. The van der Waals surface area contributed by atoms with E-state index in [4.69, 9.17) is 16.3 Å². The highest BCUT2D eigenvalue weighted by molar-refractivity contribution is 7.89. The molecule has 2 amide bonds. The minimum atomic E-state index is -4.25. The maximum atomic E-state index is 13.5. The third-order valence-corrected chi connectivity index (χ3v) is 7.46. The van der Waals surface area contributed by atoms with E-state index < -0.39 is 39.8 Å². The Bertz CT molecular complexity index is 950. The van der Waals surface area contributed by atoms with Crippen LogP contribution < -0.4 is 10.6 Å². The number of alkyl carbamates (subject to hydrolysis) is 1. The number of rotatable bonds is 8. The van der Waals surface area contributed by atoms with Crippen molar-refractivity contribution in [2.45, 2.75) is 76.0 Å². The lowest BCUT2D eigenvalue weighted by molar-refractivity contribution is -0.130. The van der Waals surface area contributed by atoms with Gasteiger partial charge in [0.2, 0.25) is 5.91 Å². The normalized spacial score (nSPS) is 20.2. The van der Waals surface area contributed by atoms with Gasteiger partial charge in [-0.15, -0.1) is 0 Å². The summed E-state index contributed by atoms with van der Waals surface area (Å²) >= 11 is 6.01. The van der Waals surface area contributed by atoms with Gasteiger partial charge in [-0.3, -0.25) is 4.79 Å². The molecule has 1 saturated heterocycles. The SMILES string of the molecule is C[C@@H](CCNC(=O)OC(C)(C)C)CC(=O)N(C1CCCNCC1O)S(=O)(=O)c1cccc(Cl)c1. The Hall–Kier alpha value is -1.88. The molecule has 1 aliphatic rings. The molecule has 1 aliphatic heterocycles. The van der Waals surface area contributed by atoms with Crippen molar-refractivity contribution in [1.29, 1.82) is 0 Å². The molecule has 0 bridgehead atoms. The maximum Gasteiger partial charge on any atom is 0.407 e. The molecule has 0 radical (unpaired) electrons. The number of carbonyl (C=O) groups excluding carboxylic acids is 2. The molecule has 1 aromatic rings. The summed E-state index contributed by atoms with van der Waals surface area (Å²) in [6, 6.07) is 4.85. The molecule has 34 heavy (non-hydrogen) atoms. The van der Waals surface area contributed by atoms with Crippen molar-refractivity contribution in [2.75, 3.05) is 19.6 Å². The van der Waals surface area contributed by atoms with Crippen LogP contribution in [0.25, 0.3) is 0 Å². The van der Waals surface area contributed by atoms with Gasteiger partial charge in [0.1, 0.15) is 5.60 Å². The summed E-state index contributed by atoms with van der Waals surface area (Å²) in [5.74, 6) is -0.823. The molecular formula is C23H36ClN3O6S. The number of hydrogen-bond donors (Lipinski definition) is 3. The number of carbonyl (C=O) groups is 2. The van der Waals surface area contributed by atoms with Crippen molar-refractivity contribution in [1.82, 2.24) is 14.9 Å². The van der Waals surface area contributed by atoms with E-state index in [1.165, 1.54) is 18.2 Å². The van der Waals surface area contributed by atoms with Crippen LogP contribution in [0.3, 0.4) is 0 Å². The summed E-state index contributed by atoms with van der Waals surface area (Å²) < 4.78 is 33.1. The van der Waals surface area contributed by atoms with Gasteiger partial charge in [-0.25, -0.2) is 17.5 Å². The number of ether oxygens (including phenoxy) is 1. The Kier molecular flexibility index (Phi) is 10.2. The second-order valence-corrected chi connectivity index (χ2v) is 11.9. The number of amides is 2. The number of aliphatic hydroxyl groups excluding tert-OH is 1. The van der Waals surface area contributed by atoms with Crippen LogP contribution in [-0.4, -0.2) is 67.2 Å². The average Bonchev–Trinajstić information content (AvgIpc) is 2.91. The first-order valence-corrected chi connectivity index (χ1v) is 13.3. The first-order chi connectivity index (χ1) is 15.8. The molecule has 1 aromatic carbocycles. The number of halogens is 1. The number of β-amino-alcohol motifs (C(OH)–C–C–N with tert-alkyl or cyclic N) is 1. The minimum Gasteiger partial charge on any atom is -0.444 e. The van der Waals surface area contributed by atoms with Crippen LogP contribution in [0.4, 0.5) is 4.79 Å². The molecule has 1 heterocycles. The van der Waals surface area contributed by atoms with Crippen molar-refractivity contribution in [3.05, 3.63) is 29.3 Å². The predicted octanol–water partition coefficient (Wildman–Crippen LogP) is 2.91. The second kappa shape index (κ2) is 12.2. The van der Waals surface area contributed by atoms with E-state index in [2.05, 4.69) is 10.6 Å². The van der Waals surface area contributed by atoms with Gasteiger partial charge >= 0.3 is 6.09 Å². The number of nitrogens with zero attached hydrogens (tertiary/aromatic N) is 1. The number of nitrogens with one attached hydrogen (secondary N) is 2. The zero-order valence-electron chi connectivity index (χ0n) is 20.2. The molecule has 11 heteroatoms. The second-order valence-electron chi connectivity index (χ2n) is 9.66. The van der Waals surface area contributed by atoms with E-state index in [1.54, 1.807) is 26.8 Å².